The van der Waals surface area contributed by atoms with Crippen molar-refractivity contribution < 1.29 is 23.9 Å². The first-order valence-electron chi connectivity index (χ1n) is 8.75. The van der Waals surface area contributed by atoms with Crippen molar-refractivity contribution >= 4 is 46.5 Å². The fourth-order valence-corrected chi connectivity index (χ4v) is 3.49. The Morgan fingerprint density at radius 3 is 2.67 bits per heavy atom. The molecule has 0 saturated heterocycles. The van der Waals surface area contributed by atoms with Gasteiger partial charge in [0, 0.05) is 21.7 Å². The van der Waals surface area contributed by atoms with Gasteiger partial charge in [0.15, 0.2) is 12.3 Å². The van der Waals surface area contributed by atoms with E-state index in [1.807, 2.05) is 6.07 Å². The number of nitrogens with zero attached hydrogens (tertiary/aromatic N) is 1. The van der Waals surface area contributed by atoms with E-state index in [9.17, 15) is 14.4 Å². The van der Waals surface area contributed by atoms with Crippen LogP contribution in [0.15, 0.2) is 47.8 Å². The Balaban J connectivity index is 1.60. The molecule has 0 aliphatic carbocycles. The highest BCUT2D eigenvalue weighted by Gasteiger charge is 2.16. The molecule has 154 valence electrons. The second-order valence-corrected chi connectivity index (χ2v) is 7.49. The van der Waals surface area contributed by atoms with Gasteiger partial charge in [-0.2, -0.15) is 0 Å². The molecule has 0 spiro atoms. The van der Waals surface area contributed by atoms with Gasteiger partial charge in [0.25, 0.3) is 5.91 Å². The zero-order valence-electron chi connectivity index (χ0n) is 16.1. The highest BCUT2D eigenvalue weighted by molar-refractivity contribution is 7.13. The van der Waals surface area contributed by atoms with Crippen molar-refractivity contribution in [2.75, 3.05) is 19.0 Å². The van der Waals surface area contributed by atoms with E-state index in [0.29, 0.717) is 21.3 Å². The van der Waals surface area contributed by atoms with Crippen LogP contribution in [0.2, 0.25) is 5.02 Å². The second-order valence-electron chi connectivity index (χ2n) is 6.19. The molecule has 7 nitrogen and oxygen atoms in total. The molecule has 0 fully saturated rings. The predicted molar refractivity (Wildman–Crippen MR) is 114 cm³/mol. The van der Waals surface area contributed by atoms with Crippen molar-refractivity contribution in [1.82, 2.24) is 4.98 Å². The number of carbonyl (C=O) groups is 3. The summed E-state index contributed by atoms with van der Waals surface area (Å²) in [4.78, 5) is 40.3. The summed E-state index contributed by atoms with van der Waals surface area (Å²) in [5.74, 6) is -1.77. The van der Waals surface area contributed by atoms with Crippen LogP contribution in [0.5, 0.6) is 0 Å². The first-order chi connectivity index (χ1) is 14.4. The lowest BCUT2D eigenvalue weighted by Gasteiger charge is -2.10. The number of rotatable bonds is 6. The summed E-state index contributed by atoms with van der Waals surface area (Å²) in [5, 5.41) is 5.35. The number of thiazole rings is 1. The SMILES string of the molecule is COC(=O)c1ccc(C)c(NC(=O)COC(=O)c2csc(-c3cccc(Cl)c3)n2)c1. The molecule has 3 aromatic rings. The van der Waals surface area contributed by atoms with Crippen molar-refractivity contribution in [2.24, 2.45) is 0 Å². The van der Waals surface area contributed by atoms with Crippen LogP contribution in [0.4, 0.5) is 5.69 Å². The Labute approximate surface area is 181 Å². The number of halogens is 1. The van der Waals surface area contributed by atoms with Crippen LogP contribution >= 0.6 is 22.9 Å². The summed E-state index contributed by atoms with van der Waals surface area (Å²) in [7, 11) is 1.27. The highest BCUT2D eigenvalue weighted by Crippen LogP contribution is 2.26. The summed E-state index contributed by atoms with van der Waals surface area (Å²) < 4.78 is 9.72. The van der Waals surface area contributed by atoms with E-state index < -0.39 is 24.5 Å². The molecule has 0 unspecified atom stereocenters. The summed E-state index contributed by atoms with van der Waals surface area (Å²) in [6.07, 6.45) is 0. The Morgan fingerprint density at radius 1 is 1.13 bits per heavy atom. The molecule has 1 N–H and O–H groups in total. The van der Waals surface area contributed by atoms with Gasteiger partial charge in [0.2, 0.25) is 0 Å². The smallest absolute Gasteiger partial charge is 0.358 e. The van der Waals surface area contributed by atoms with Crippen LogP contribution < -0.4 is 5.32 Å². The van der Waals surface area contributed by atoms with Gasteiger partial charge < -0.3 is 14.8 Å². The number of benzene rings is 2. The molecule has 0 aliphatic heterocycles. The molecule has 0 atom stereocenters. The molecule has 2 aromatic carbocycles. The number of anilines is 1. The van der Waals surface area contributed by atoms with Gasteiger partial charge in [-0.05, 0) is 36.8 Å². The van der Waals surface area contributed by atoms with Crippen LogP contribution in [0.1, 0.15) is 26.4 Å². The normalized spacial score (nSPS) is 10.4. The number of aromatic nitrogens is 1. The van der Waals surface area contributed by atoms with Crippen LogP contribution in [0.3, 0.4) is 0 Å². The van der Waals surface area contributed by atoms with Gasteiger partial charge >= 0.3 is 11.9 Å². The largest absolute Gasteiger partial charge is 0.465 e. The quantitative estimate of drug-likeness (QED) is 0.568. The zero-order valence-corrected chi connectivity index (χ0v) is 17.7. The molecule has 1 aromatic heterocycles. The van der Waals surface area contributed by atoms with Gasteiger partial charge in [-0.3, -0.25) is 4.79 Å². The van der Waals surface area contributed by atoms with Crippen molar-refractivity contribution in [3.8, 4) is 10.6 Å². The second kappa shape index (κ2) is 9.51. The summed E-state index contributed by atoms with van der Waals surface area (Å²) in [6, 6.07) is 11.9. The fourth-order valence-electron chi connectivity index (χ4n) is 2.51. The first kappa shape index (κ1) is 21.5. The van der Waals surface area contributed by atoms with E-state index in [0.717, 1.165) is 11.1 Å². The molecular formula is C21H17ClN2O5S. The van der Waals surface area contributed by atoms with Crippen LogP contribution in [-0.2, 0) is 14.3 Å². The monoisotopic (exact) mass is 444 g/mol. The lowest BCUT2D eigenvalue weighted by atomic mass is 10.1. The van der Waals surface area contributed by atoms with Gasteiger partial charge in [-0.15, -0.1) is 11.3 Å². The average Bonchev–Trinajstić information content (AvgIpc) is 3.23. The molecule has 0 aliphatic rings. The molecule has 0 radical (unpaired) electrons. The molecule has 0 bridgehead atoms. The van der Waals surface area contributed by atoms with Crippen molar-refractivity contribution in [3.63, 3.8) is 0 Å². The number of hydrogen-bond donors (Lipinski definition) is 1. The topological polar surface area (TPSA) is 94.6 Å². The number of hydrogen-bond acceptors (Lipinski definition) is 7. The van der Waals surface area contributed by atoms with E-state index in [-0.39, 0.29) is 5.69 Å². The van der Waals surface area contributed by atoms with Gasteiger partial charge in [0.1, 0.15) is 5.01 Å². The van der Waals surface area contributed by atoms with Crippen molar-refractivity contribution in [1.29, 1.82) is 0 Å². The molecule has 1 amide bonds. The molecule has 9 heteroatoms. The van der Waals surface area contributed by atoms with Gasteiger partial charge in [0.05, 0.1) is 12.7 Å². The number of carbonyl (C=O) groups excluding carboxylic acids is 3. The maximum absolute atomic E-state index is 12.2. The lowest BCUT2D eigenvalue weighted by Crippen LogP contribution is -2.21. The first-order valence-corrected chi connectivity index (χ1v) is 10.0. The lowest BCUT2D eigenvalue weighted by molar-refractivity contribution is -0.119. The Morgan fingerprint density at radius 2 is 1.93 bits per heavy atom. The number of esters is 2. The van der Waals surface area contributed by atoms with Crippen LogP contribution in [0.25, 0.3) is 10.6 Å². The highest BCUT2D eigenvalue weighted by atomic mass is 35.5. The van der Waals surface area contributed by atoms with Gasteiger partial charge in [-0.25, -0.2) is 14.6 Å². The number of ether oxygens (including phenoxy) is 2. The predicted octanol–water partition coefficient (Wildman–Crippen LogP) is 4.35. The number of amides is 1. The third-order valence-corrected chi connectivity index (χ3v) is 5.18. The average molecular weight is 445 g/mol. The minimum Gasteiger partial charge on any atom is -0.465 e. The number of aryl methyl sites for hydroxylation is 1. The maximum Gasteiger partial charge on any atom is 0.358 e. The maximum atomic E-state index is 12.2. The van der Waals surface area contributed by atoms with E-state index >= 15 is 0 Å². The number of nitrogens with one attached hydrogen (secondary N) is 1. The summed E-state index contributed by atoms with van der Waals surface area (Å²) >= 11 is 7.25. The van der Waals surface area contributed by atoms with Crippen molar-refractivity contribution in [3.05, 3.63) is 69.7 Å². The third kappa shape index (κ3) is 5.22. The fraction of sp³-hybridized carbons (Fsp3) is 0.143. The number of methoxy groups -OCH3 is 1. The van der Waals surface area contributed by atoms with Crippen LogP contribution in [-0.4, -0.2) is 36.5 Å². The molecular weight excluding hydrogens is 428 g/mol. The van der Waals surface area contributed by atoms with Crippen LogP contribution in [0, 0.1) is 6.92 Å². The van der Waals surface area contributed by atoms with E-state index in [1.165, 1.54) is 24.5 Å². The Kier molecular flexibility index (Phi) is 6.81. The minimum atomic E-state index is -0.713. The van der Waals surface area contributed by atoms with E-state index in [1.54, 1.807) is 42.6 Å². The zero-order chi connectivity index (χ0) is 21.7. The molecule has 0 saturated carbocycles. The van der Waals surface area contributed by atoms with Crippen molar-refractivity contribution in [2.45, 2.75) is 6.92 Å². The standard InChI is InChI=1S/C21H17ClN2O5S/c1-12-6-7-14(20(26)28-2)9-16(12)23-18(25)10-29-21(27)17-11-30-19(24-17)13-4-3-5-15(22)8-13/h3-9,11H,10H2,1-2H3,(H,23,25). The van der Waals surface area contributed by atoms with E-state index in [2.05, 4.69) is 15.0 Å². The third-order valence-electron chi connectivity index (χ3n) is 4.05. The van der Waals surface area contributed by atoms with Gasteiger partial charge in [-0.1, -0.05) is 29.8 Å². The van der Waals surface area contributed by atoms with E-state index in [4.69, 9.17) is 16.3 Å². The Hall–Kier alpha value is -3.23. The Bertz CT molecular complexity index is 1110. The molecule has 30 heavy (non-hydrogen) atoms. The minimum absolute atomic E-state index is 0.103. The molecule has 3 rings (SSSR count). The summed E-state index contributed by atoms with van der Waals surface area (Å²) in [6.45, 7) is 1.28. The summed E-state index contributed by atoms with van der Waals surface area (Å²) in [5.41, 5.74) is 2.35. The molecule has 1 heterocycles.